The van der Waals surface area contributed by atoms with E-state index in [-0.39, 0.29) is 44.6 Å². The third kappa shape index (κ3) is 18.3. The molecule has 444 valence electrons. The van der Waals surface area contributed by atoms with Crippen molar-refractivity contribution < 1.29 is 79.3 Å². The number of allylic oxidation sites excluding steroid dienone is 1. The number of rotatable bonds is 35. The van der Waals surface area contributed by atoms with Gasteiger partial charge in [0.2, 0.25) is 23.3 Å². The van der Waals surface area contributed by atoms with Gasteiger partial charge in [-0.15, -0.1) is 0 Å². The Kier molecular flexibility index (Phi) is 24.6. The van der Waals surface area contributed by atoms with Crippen LogP contribution in [0, 0.1) is 28.7 Å². The smallest absolute Gasteiger partial charge is 0.410 e. The molecular formula is C55H76ClF4N7O13. The molecule has 1 N–H and O–H groups in total. The molecule has 2 amide bonds. The van der Waals surface area contributed by atoms with Crippen molar-refractivity contribution in [2.45, 2.75) is 58.7 Å². The monoisotopic (exact) mass is 1150 g/mol. The highest BCUT2D eigenvalue weighted by atomic mass is 35.5. The van der Waals surface area contributed by atoms with E-state index < -0.39 is 52.1 Å². The van der Waals surface area contributed by atoms with E-state index in [1.165, 1.54) is 0 Å². The van der Waals surface area contributed by atoms with Gasteiger partial charge in [0.05, 0.1) is 130 Å². The van der Waals surface area contributed by atoms with Crippen molar-refractivity contribution in [1.82, 2.24) is 34.5 Å². The molecule has 1 spiro atoms. The number of nitrogens with zero attached hydrogens (tertiary/aromatic N) is 6. The number of benzene rings is 2. The number of halogens is 5. The zero-order chi connectivity index (χ0) is 56.9. The number of piperazine rings is 1. The lowest BCUT2D eigenvalue weighted by Crippen LogP contribution is -2.63. The highest BCUT2D eigenvalue weighted by Gasteiger charge is 2.60. The Morgan fingerprint density at radius 2 is 1.21 bits per heavy atom. The Balaban J connectivity index is 0.619. The second kappa shape index (κ2) is 31.4. The van der Waals surface area contributed by atoms with Gasteiger partial charge in [0.15, 0.2) is 11.6 Å². The molecule has 4 aliphatic heterocycles. The Labute approximate surface area is 469 Å². The maximum Gasteiger partial charge on any atom is 0.410 e. The van der Waals surface area contributed by atoms with Crippen LogP contribution < -0.4 is 10.1 Å². The summed E-state index contributed by atoms with van der Waals surface area (Å²) in [7, 11) is 0. The van der Waals surface area contributed by atoms with Crippen LogP contribution in [0.1, 0.15) is 45.9 Å². The Morgan fingerprint density at radius 1 is 0.688 bits per heavy atom. The van der Waals surface area contributed by atoms with Gasteiger partial charge in [-0.25, -0.2) is 18.6 Å². The SMILES string of the molecule is CC(C)(C)OC(=O)N1CC2(C1)C(=O)N(Cc1nc3cc(Cl)ccc3n1CCCCOCCOCCOCCOCCOCCOCCOCCOCCN1CCN(CCC(=O)Oc3c(F)c(F)cc(F)c3F)CC1)C1=C2C=CNC1. The molecule has 5 heterocycles. The fourth-order valence-corrected chi connectivity index (χ4v) is 9.63. The molecular weight excluding hydrogens is 1080 g/mol. The second-order valence-electron chi connectivity index (χ2n) is 20.5. The summed E-state index contributed by atoms with van der Waals surface area (Å²) in [6, 6.07) is 5.71. The van der Waals surface area contributed by atoms with E-state index in [4.69, 9.17) is 59.2 Å². The Hall–Kier alpha value is -4.99. The number of hydrogen-bond donors (Lipinski definition) is 1. The molecule has 2 aromatic carbocycles. The summed E-state index contributed by atoms with van der Waals surface area (Å²) in [6.07, 6.45) is 4.84. The molecule has 80 heavy (non-hydrogen) atoms. The number of fused-ring (bicyclic) bond motifs is 2. The summed E-state index contributed by atoms with van der Waals surface area (Å²) in [5, 5.41) is 3.84. The summed E-state index contributed by atoms with van der Waals surface area (Å²) in [5.74, 6) is -8.42. The summed E-state index contributed by atoms with van der Waals surface area (Å²) >= 11 is 6.38. The molecule has 0 bridgehead atoms. The van der Waals surface area contributed by atoms with Gasteiger partial charge in [0.25, 0.3) is 0 Å². The first-order valence-corrected chi connectivity index (χ1v) is 27.7. The summed E-state index contributed by atoms with van der Waals surface area (Å²) in [5.41, 5.74) is 2.10. The fraction of sp³-hybridized carbons (Fsp3) is 0.636. The number of ether oxygens (including phenoxy) is 10. The highest BCUT2D eigenvalue weighted by molar-refractivity contribution is 6.31. The minimum Gasteiger partial charge on any atom is -0.444 e. The van der Waals surface area contributed by atoms with Crippen molar-refractivity contribution in [2.75, 3.05) is 165 Å². The molecule has 25 heteroatoms. The number of aromatic nitrogens is 2. The van der Waals surface area contributed by atoms with Gasteiger partial charge < -0.3 is 72.0 Å². The molecule has 20 nitrogen and oxygen atoms in total. The normalized spacial score (nSPS) is 16.5. The van der Waals surface area contributed by atoms with Gasteiger partial charge in [-0.05, 0) is 69.7 Å². The van der Waals surface area contributed by atoms with Gasteiger partial charge in [-0.3, -0.25) is 14.5 Å². The number of aryl methyl sites for hydroxylation is 1. The molecule has 0 atom stereocenters. The van der Waals surface area contributed by atoms with Crippen molar-refractivity contribution in [2.24, 2.45) is 5.41 Å². The molecule has 0 unspecified atom stereocenters. The lowest BCUT2D eigenvalue weighted by molar-refractivity contribution is -0.143. The van der Waals surface area contributed by atoms with Crippen molar-refractivity contribution >= 4 is 40.6 Å². The number of carbonyl (C=O) groups excluding carboxylic acids is 3. The van der Waals surface area contributed by atoms with Crippen molar-refractivity contribution in [1.29, 1.82) is 0 Å². The average Bonchev–Trinajstić information content (AvgIpc) is 4.03. The molecule has 0 radical (unpaired) electrons. The molecule has 0 saturated carbocycles. The maximum atomic E-state index is 14.3. The minimum absolute atomic E-state index is 0.0390. The first-order valence-electron chi connectivity index (χ1n) is 27.3. The molecule has 2 saturated heterocycles. The van der Waals surface area contributed by atoms with Crippen LogP contribution in [0.5, 0.6) is 5.75 Å². The molecule has 1 aromatic heterocycles. The predicted octanol–water partition coefficient (Wildman–Crippen LogP) is 5.72. The average molecular weight is 1150 g/mol. The first-order chi connectivity index (χ1) is 38.6. The van der Waals surface area contributed by atoms with Crippen LogP contribution in [0.25, 0.3) is 11.0 Å². The predicted molar refractivity (Wildman–Crippen MR) is 285 cm³/mol. The van der Waals surface area contributed by atoms with E-state index in [2.05, 4.69) is 19.5 Å². The molecule has 4 aliphatic rings. The largest absolute Gasteiger partial charge is 0.444 e. The maximum absolute atomic E-state index is 14.3. The first kappa shape index (κ1) is 62.6. The molecule has 7 rings (SSSR count). The minimum atomic E-state index is -1.75. The van der Waals surface area contributed by atoms with E-state index in [0.29, 0.717) is 137 Å². The third-order valence-corrected chi connectivity index (χ3v) is 13.8. The van der Waals surface area contributed by atoms with Crippen LogP contribution in [0.4, 0.5) is 22.4 Å². The van der Waals surface area contributed by atoms with Gasteiger partial charge in [0, 0.05) is 82.3 Å². The zero-order valence-electron chi connectivity index (χ0n) is 46.1. The number of unbranched alkanes of at least 4 members (excludes halogenated alkanes) is 1. The van der Waals surface area contributed by atoms with E-state index in [9.17, 15) is 31.9 Å². The van der Waals surface area contributed by atoms with Gasteiger partial charge in [-0.1, -0.05) is 11.6 Å². The summed E-state index contributed by atoms with van der Waals surface area (Å²) in [4.78, 5) is 51.8. The lowest BCUT2D eigenvalue weighted by Gasteiger charge is -2.47. The number of imidazole rings is 1. The topological polar surface area (TPSA) is 186 Å². The van der Waals surface area contributed by atoms with Crippen LogP contribution in [0.2, 0.25) is 5.02 Å². The van der Waals surface area contributed by atoms with Crippen LogP contribution in [-0.2, 0) is 65.3 Å². The summed E-state index contributed by atoms with van der Waals surface area (Å²) in [6.45, 7) is 18.6. The van der Waals surface area contributed by atoms with Crippen molar-refractivity contribution in [3.8, 4) is 5.75 Å². The van der Waals surface area contributed by atoms with Crippen LogP contribution in [-0.4, -0.2) is 217 Å². The lowest BCUT2D eigenvalue weighted by atomic mass is 9.73. The standard InChI is InChI=1S/C55H76ClF4N7O13/c1-54(2,3)80-53(70)65-38-55(39-65)41-8-10-61-36-46(41)67(52(55)69)37-47-62-44-34-40(56)6-7-45(44)66(47)11-4-5-18-71-20-22-73-24-26-75-28-30-77-32-33-78-31-29-76-27-25-74-23-21-72-19-17-64-15-13-63(14-16-64)12-9-48(68)79-51-49(59)42(57)35-43(58)50(51)60/h6-8,10,34-35,61H,4-5,9,11-33,36-39H2,1-3H3. The fourth-order valence-electron chi connectivity index (χ4n) is 9.46. The molecule has 3 aromatic rings. The number of esters is 1. The van der Waals surface area contributed by atoms with Gasteiger partial charge in [-0.2, -0.15) is 8.78 Å². The molecule has 0 aliphatic carbocycles. The van der Waals surface area contributed by atoms with E-state index in [0.717, 1.165) is 60.6 Å². The summed E-state index contributed by atoms with van der Waals surface area (Å²) < 4.78 is 112. The van der Waals surface area contributed by atoms with E-state index in [1.54, 1.807) is 4.90 Å². The second-order valence-corrected chi connectivity index (χ2v) is 20.9. The third-order valence-electron chi connectivity index (χ3n) is 13.6. The number of carbonyl (C=O) groups is 3. The van der Waals surface area contributed by atoms with Crippen LogP contribution in [0.3, 0.4) is 0 Å². The quantitative estimate of drug-likeness (QED) is 0.0248. The van der Waals surface area contributed by atoms with Gasteiger partial charge in [0.1, 0.15) is 16.8 Å². The van der Waals surface area contributed by atoms with Crippen LogP contribution >= 0.6 is 11.6 Å². The Morgan fingerprint density at radius 3 is 1.76 bits per heavy atom. The number of hydrogen-bond acceptors (Lipinski definition) is 17. The van der Waals surface area contributed by atoms with E-state index >= 15 is 0 Å². The zero-order valence-corrected chi connectivity index (χ0v) is 46.8. The number of nitrogens with one attached hydrogen (secondary N) is 1. The number of amides is 2. The highest BCUT2D eigenvalue weighted by Crippen LogP contribution is 2.49. The number of dihydropyridines is 1. The Bertz CT molecular complexity index is 2530. The van der Waals surface area contributed by atoms with E-state index in [1.807, 2.05) is 61.0 Å². The van der Waals surface area contributed by atoms with Crippen LogP contribution in [0.15, 0.2) is 47.8 Å². The van der Waals surface area contributed by atoms with Gasteiger partial charge >= 0.3 is 12.1 Å². The molecule has 2 fully saturated rings. The van der Waals surface area contributed by atoms with Crippen molar-refractivity contribution in [3.63, 3.8) is 0 Å². The van der Waals surface area contributed by atoms with Crippen molar-refractivity contribution in [3.05, 3.63) is 81.9 Å². The number of likely N-dealkylation sites (tertiary alicyclic amines) is 1.